The number of nitrogens with one attached hydrogen (secondary N) is 1. The molecule has 0 aliphatic carbocycles. The van der Waals surface area contributed by atoms with Crippen molar-refractivity contribution < 1.29 is 9.59 Å². The van der Waals surface area contributed by atoms with Crippen LogP contribution in [0.2, 0.25) is 0 Å². The van der Waals surface area contributed by atoms with Crippen LogP contribution in [0.3, 0.4) is 0 Å². The number of hydrogen-bond acceptors (Lipinski definition) is 3. The lowest BCUT2D eigenvalue weighted by atomic mass is 10.0. The van der Waals surface area contributed by atoms with Crippen molar-refractivity contribution in [2.75, 3.05) is 0 Å². The fraction of sp³-hybridized carbons (Fsp3) is 0.500. The van der Waals surface area contributed by atoms with Gasteiger partial charge < -0.3 is 10.2 Å². The third-order valence-electron chi connectivity index (χ3n) is 3.38. The second-order valence-electron chi connectivity index (χ2n) is 4.81. The highest BCUT2D eigenvalue weighted by Gasteiger charge is 2.37. The molecule has 5 nitrogen and oxygen atoms in total. The summed E-state index contributed by atoms with van der Waals surface area (Å²) in [4.78, 5) is 30.1. The highest BCUT2D eigenvalue weighted by atomic mass is 16.2. The molecule has 102 valence electrons. The van der Waals surface area contributed by atoms with Gasteiger partial charge in [0.2, 0.25) is 11.8 Å². The summed E-state index contributed by atoms with van der Waals surface area (Å²) in [5.74, 6) is -0.103. The second kappa shape index (κ2) is 5.82. The molecule has 0 bridgehead atoms. The zero-order valence-electron chi connectivity index (χ0n) is 11.3. The van der Waals surface area contributed by atoms with Crippen LogP contribution in [0.4, 0.5) is 0 Å². The van der Waals surface area contributed by atoms with Crippen molar-refractivity contribution in [1.82, 2.24) is 15.2 Å². The Bertz CT molecular complexity index is 461. The molecule has 0 spiro atoms. The third kappa shape index (κ3) is 2.92. The van der Waals surface area contributed by atoms with Gasteiger partial charge in [0, 0.05) is 6.20 Å². The van der Waals surface area contributed by atoms with Crippen molar-refractivity contribution in [3.05, 3.63) is 30.1 Å². The van der Waals surface area contributed by atoms with Crippen molar-refractivity contribution >= 4 is 11.8 Å². The summed E-state index contributed by atoms with van der Waals surface area (Å²) in [6.07, 6.45) is 3.23. The Morgan fingerprint density at radius 1 is 1.37 bits per heavy atom. The van der Waals surface area contributed by atoms with Gasteiger partial charge in [-0.2, -0.15) is 0 Å². The van der Waals surface area contributed by atoms with E-state index < -0.39 is 12.1 Å². The Hall–Kier alpha value is -1.91. The Morgan fingerprint density at radius 3 is 2.79 bits per heavy atom. The summed E-state index contributed by atoms with van der Waals surface area (Å²) in [5.41, 5.74) is 0.799. The second-order valence-corrected chi connectivity index (χ2v) is 4.81. The summed E-state index contributed by atoms with van der Waals surface area (Å²) in [7, 11) is 0. The molecule has 0 saturated carbocycles. The lowest BCUT2D eigenvalue weighted by molar-refractivity contribution is -0.149. The van der Waals surface area contributed by atoms with Crippen LogP contribution in [0.15, 0.2) is 24.4 Å². The first-order valence-electron chi connectivity index (χ1n) is 6.64. The van der Waals surface area contributed by atoms with E-state index >= 15 is 0 Å². The van der Waals surface area contributed by atoms with Gasteiger partial charge in [0.1, 0.15) is 12.1 Å². The molecule has 2 unspecified atom stereocenters. The zero-order chi connectivity index (χ0) is 13.8. The van der Waals surface area contributed by atoms with Crippen molar-refractivity contribution in [3.8, 4) is 0 Å². The van der Waals surface area contributed by atoms with Gasteiger partial charge in [0.15, 0.2) is 0 Å². The first-order valence-corrected chi connectivity index (χ1v) is 6.64. The SMILES string of the molecule is CCCC1NC(=O)C(C)N(Cc2ccccn2)C1=O. The molecule has 5 heteroatoms. The van der Waals surface area contributed by atoms with E-state index in [0.717, 1.165) is 12.1 Å². The molecule has 1 fully saturated rings. The Kier molecular flexibility index (Phi) is 4.14. The van der Waals surface area contributed by atoms with Crippen LogP contribution in [-0.4, -0.2) is 33.8 Å². The van der Waals surface area contributed by atoms with Crippen LogP contribution < -0.4 is 5.32 Å². The zero-order valence-corrected chi connectivity index (χ0v) is 11.3. The molecule has 1 saturated heterocycles. The normalized spacial score (nSPS) is 23.4. The van der Waals surface area contributed by atoms with E-state index in [-0.39, 0.29) is 11.8 Å². The maximum Gasteiger partial charge on any atom is 0.246 e. The highest BCUT2D eigenvalue weighted by Crippen LogP contribution is 2.15. The molecule has 2 heterocycles. The van der Waals surface area contributed by atoms with Gasteiger partial charge in [0.05, 0.1) is 12.2 Å². The Labute approximate surface area is 113 Å². The molecule has 1 aliphatic heterocycles. The highest BCUT2D eigenvalue weighted by molar-refractivity contribution is 5.96. The molecular formula is C14H19N3O2. The summed E-state index contributed by atoms with van der Waals surface area (Å²) in [5, 5.41) is 2.78. The van der Waals surface area contributed by atoms with E-state index in [2.05, 4.69) is 10.3 Å². The number of pyridine rings is 1. The molecule has 1 aromatic heterocycles. The van der Waals surface area contributed by atoms with E-state index in [4.69, 9.17) is 0 Å². The van der Waals surface area contributed by atoms with Gasteiger partial charge in [-0.05, 0) is 25.5 Å². The number of rotatable bonds is 4. The summed E-state index contributed by atoms with van der Waals surface area (Å²) in [6.45, 7) is 4.13. The first kappa shape index (κ1) is 13.5. The lowest BCUT2D eigenvalue weighted by Crippen LogP contribution is -2.61. The van der Waals surface area contributed by atoms with Crippen LogP contribution in [0, 0.1) is 0 Å². The quantitative estimate of drug-likeness (QED) is 0.882. The van der Waals surface area contributed by atoms with Crippen LogP contribution in [0.1, 0.15) is 32.4 Å². The number of hydrogen-bond donors (Lipinski definition) is 1. The number of carbonyl (C=O) groups is 2. The van der Waals surface area contributed by atoms with Crippen molar-refractivity contribution in [3.63, 3.8) is 0 Å². The fourth-order valence-electron chi connectivity index (χ4n) is 2.25. The Morgan fingerprint density at radius 2 is 2.16 bits per heavy atom. The number of piperazine rings is 1. The van der Waals surface area contributed by atoms with Crippen molar-refractivity contribution in [1.29, 1.82) is 0 Å². The van der Waals surface area contributed by atoms with E-state index in [0.29, 0.717) is 13.0 Å². The maximum absolute atomic E-state index is 12.4. The largest absolute Gasteiger partial charge is 0.343 e. The van der Waals surface area contributed by atoms with Crippen LogP contribution in [0.5, 0.6) is 0 Å². The van der Waals surface area contributed by atoms with Crippen molar-refractivity contribution in [2.45, 2.75) is 45.3 Å². The van der Waals surface area contributed by atoms with Gasteiger partial charge in [-0.25, -0.2) is 0 Å². The molecule has 1 aromatic rings. The van der Waals surface area contributed by atoms with E-state index in [1.54, 1.807) is 18.0 Å². The lowest BCUT2D eigenvalue weighted by Gasteiger charge is -2.37. The molecule has 0 aromatic carbocycles. The van der Waals surface area contributed by atoms with Crippen LogP contribution >= 0.6 is 0 Å². The summed E-state index contributed by atoms with van der Waals surface area (Å²) < 4.78 is 0. The molecule has 19 heavy (non-hydrogen) atoms. The number of carbonyl (C=O) groups excluding carboxylic acids is 2. The first-order chi connectivity index (χ1) is 9.13. The molecule has 1 aliphatic rings. The fourth-order valence-corrected chi connectivity index (χ4v) is 2.25. The number of nitrogens with zero attached hydrogens (tertiary/aromatic N) is 2. The predicted molar refractivity (Wildman–Crippen MR) is 71.1 cm³/mol. The summed E-state index contributed by atoms with van der Waals surface area (Å²) >= 11 is 0. The van der Waals surface area contributed by atoms with E-state index in [1.807, 2.05) is 25.1 Å². The van der Waals surface area contributed by atoms with Crippen LogP contribution in [0.25, 0.3) is 0 Å². The topological polar surface area (TPSA) is 62.3 Å². The average Bonchev–Trinajstić information content (AvgIpc) is 2.42. The molecule has 1 N–H and O–H groups in total. The van der Waals surface area contributed by atoms with Gasteiger partial charge in [-0.15, -0.1) is 0 Å². The van der Waals surface area contributed by atoms with Crippen LogP contribution in [-0.2, 0) is 16.1 Å². The molecule has 2 atom stereocenters. The van der Waals surface area contributed by atoms with Crippen molar-refractivity contribution in [2.24, 2.45) is 0 Å². The monoisotopic (exact) mass is 261 g/mol. The average molecular weight is 261 g/mol. The minimum atomic E-state index is -0.442. The third-order valence-corrected chi connectivity index (χ3v) is 3.38. The molecule has 0 radical (unpaired) electrons. The maximum atomic E-state index is 12.4. The van der Waals surface area contributed by atoms with Gasteiger partial charge in [-0.3, -0.25) is 14.6 Å². The minimum absolute atomic E-state index is 0.0143. The molecular weight excluding hydrogens is 242 g/mol. The molecule has 2 amide bonds. The van der Waals surface area contributed by atoms with Gasteiger partial charge in [0.25, 0.3) is 0 Å². The smallest absolute Gasteiger partial charge is 0.246 e. The van der Waals surface area contributed by atoms with E-state index in [9.17, 15) is 9.59 Å². The number of amides is 2. The standard InChI is InChI=1S/C14H19N3O2/c1-3-6-12-14(19)17(10(2)13(18)16-12)9-11-7-4-5-8-15-11/h4-5,7-8,10,12H,3,6,9H2,1-2H3,(H,16,18). The van der Waals surface area contributed by atoms with Gasteiger partial charge in [-0.1, -0.05) is 19.4 Å². The molecule has 2 rings (SSSR count). The van der Waals surface area contributed by atoms with E-state index in [1.165, 1.54) is 0 Å². The Balaban J connectivity index is 2.16. The summed E-state index contributed by atoms with van der Waals surface area (Å²) in [6, 6.07) is 4.74. The minimum Gasteiger partial charge on any atom is -0.343 e. The van der Waals surface area contributed by atoms with Gasteiger partial charge >= 0.3 is 0 Å². The number of aromatic nitrogens is 1. The predicted octanol–water partition coefficient (Wildman–Crippen LogP) is 1.10.